The van der Waals surface area contributed by atoms with E-state index in [1.54, 1.807) is 12.1 Å². The second-order valence-electron chi connectivity index (χ2n) is 3.60. The highest BCUT2D eigenvalue weighted by Gasteiger charge is 2.02. The Morgan fingerprint density at radius 2 is 2.06 bits per heavy atom. The number of halogens is 1. The maximum absolute atomic E-state index is 12.7. The Morgan fingerprint density at radius 3 is 2.75 bits per heavy atom. The molecule has 2 aromatic rings. The molecule has 2 rings (SSSR count). The summed E-state index contributed by atoms with van der Waals surface area (Å²) in [5.41, 5.74) is 1.82. The summed E-state index contributed by atoms with van der Waals surface area (Å²) >= 11 is 0. The van der Waals surface area contributed by atoms with Crippen molar-refractivity contribution in [1.29, 1.82) is 0 Å². The van der Waals surface area contributed by atoms with Crippen LogP contribution >= 0.6 is 0 Å². The largest absolute Gasteiger partial charge is 0.369 e. The van der Waals surface area contributed by atoms with Gasteiger partial charge in [-0.2, -0.15) is 5.10 Å². The van der Waals surface area contributed by atoms with Gasteiger partial charge in [-0.25, -0.2) is 4.39 Å². The first kappa shape index (κ1) is 10.7. The third-order valence-electron chi connectivity index (χ3n) is 2.29. The molecule has 1 aromatic carbocycles. The number of nitrogens with zero attached hydrogens (tertiary/aromatic N) is 1. The zero-order valence-electron chi connectivity index (χ0n) is 9.13. The molecule has 3 nitrogen and oxygen atoms in total. The quantitative estimate of drug-likeness (QED) is 0.829. The molecule has 0 saturated carbocycles. The lowest BCUT2D eigenvalue weighted by Gasteiger charge is -1.97. The summed E-state index contributed by atoms with van der Waals surface area (Å²) in [6.45, 7) is 2.99. The van der Waals surface area contributed by atoms with Gasteiger partial charge < -0.3 is 5.32 Å². The summed E-state index contributed by atoms with van der Waals surface area (Å²) in [7, 11) is 0. The second kappa shape index (κ2) is 4.79. The molecule has 0 unspecified atom stereocenters. The summed E-state index contributed by atoms with van der Waals surface area (Å²) in [5, 5.41) is 10.2. The van der Waals surface area contributed by atoms with Crippen LogP contribution in [0.5, 0.6) is 0 Å². The summed E-state index contributed by atoms with van der Waals surface area (Å²) in [6.07, 6.45) is 1.05. The fourth-order valence-corrected chi connectivity index (χ4v) is 1.44. The molecular weight excluding hydrogens is 205 g/mol. The van der Waals surface area contributed by atoms with Gasteiger partial charge in [0.25, 0.3) is 0 Å². The van der Waals surface area contributed by atoms with E-state index in [1.165, 1.54) is 12.1 Å². The molecule has 16 heavy (non-hydrogen) atoms. The van der Waals surface area contributed by atoms with Crippen LogP contribution in [0.3, 0.4) is 0 Å². The molecule has 0 aliphatic carbocycles. The first-order chi connectivity index (χ1) is 7.79. The van der Waals surface area contributed by atoms with Crippen LogP contribution in [0.25, 0.3) is 11.3 Å². The summed E-state index contributed by atoms with van der Waals surface area (Å²) in [6, 6.07) is 8.26. The van der Waals surface area contributed by atoms with E-state index < -0.39 is 0 Å². The highest BCUT2D eigenvalue weighted by Crippen LogP contribution is 2.19. The topological polar surface area (TPSA) is 40.7 Å². The van der Waals surface area contributed by atoms with Crippen LogP contribution < -0.4 is 5.32 Å². The molecule has 0 radical (unpaired) electrons. The van der Waals surface area contributed by atoms with Gasteiger partial charge in [0.1, 0.15) is 11.6 Å². The molecule has 84 valence electrons. The average Bonchev–Trinajstić information content (AvgIpc) is 2.76. The van der Waals surface area contributed by atoms with Gasteiger partial charge in [0.15, 0.2) is 0 Å². The van der Waals surface area contributed by atoms with Crippen LogP contribution in [0.1, 0.15) is 13.3 Å². The summed E-state index contributed by atoms with van der Waals surface area (Å²) < 4.78 is 12.7. The summed E-state index contributed by atoms with van der Waals surface area (Å²) in [5.74, 6) is 0.591. The number of H-pyrrole nitrogens is 1. The molecule has 0 aliphatic rings. The Hall–Kier alpha value is -1.84. The van der Waals surface area contributed by atoms with E-state index in [9.17, 15) is 4.39 Å². The third-order valence-corrected chi connectivity index (χ3v) is 2.29. The third kappa shape index (κ3) is 2.39. The molecule has 1 aromatic heterocycles. The number of anilines is 1. The minimum absolute atomic E-state index is 0.229. The lowest BCUT2D eigenvalue weighted by atomic mass is 10.1. The van der Waals surface area contributed by atoms with Crippen molar-refractivity contribution >= 4 is 5.82 Å². The lowest BCUT2D eigenvalue weighted by molar-refractivity contribution is 0.628. The first-order valence-corrected chi connectivity index (χ1v) is 5.35. The highest BCUT2D eigenvalue weighted by atomic mass is 19.1. The zero-order chi connectivity index (χ0) is 11.4. The number of aromatic nitrogens is 2. The normalized spacial score (nSPS) is 10.4. The molecule has 0 saturated heterocycles. The Labute approximate surface area is 93.7 Å². The molecule has 1 heterocycles. The molecule has 0 amide bonds. The number of benzene rings is 1. The van der Waals surface area contributed by atoms with E-state index in [0.717, 1.165) is 30.0 Å². The molecule has 0 atom stereocenters. The van der Waals surface area contributed by atoms with Crippen molar-refractivity contribution in [1.82, 2.24) is 10.2 Å². The van der Waals surface area contributed by atoms with Crippen molar-refractivity contribution in [2.45, 2.75) is 13.3 Å². The van der Waals surface area contributed by atoms with Gasteiger partial charge in [0.2, 0.25) is 0 Å². The fourth-order valence-electron chi connectivity index (χ4n) is 1.44. The molecule has 4 heteroatoms. The number of hydrogen-bond donors (Lipinski definition) is 2. The molecular formula is C12H14FN3. The van der Waals surface area contributed by atoms with Crippen LogP contribution in [0.4, 0.5) is 10.2 Å². The molecule has 2 N–H and O–H groups in total. The molecule has 0 fully saturated rings. The Balaban J connectivity index is 2.15. The van der Waals surface area contributed by atoms with Crippen LogP contribution in [-0.4, -0.2) is 16.7 Å². The van der Waals surface area contributed by atoms with Gasteiger partial charge in [-0.15, -0.1) is 0 Å². The van der Waals surface area contributed by atoms with Crippen molar-refractivity contribution in [2.24, 2.45) is 0 Å². The van der Waals surface area contributed by atoms with E-state index >= 15 is 0 Å². The van der Waals surface area contributed by atoms with Crippen LogP contribution in [-0.2, 0) is 0 Å². The number of nitrogens with one attached hydrogen (secondary N) is 2. The van der Waals surface area contributed by atoms with E-state index in [4.69, 9.17) is 0 Å². The Morgan fingerprint density at radius 1 is 1.31 bits per heavy atom. The predicted molar refractivity (Wildman–Crippen MR) is 62.8 cm³/mol. The maximum Gasteiger partial charge on any atom is 0.148 e. The van der Waals surface area contributed by atoms with Gasteiger partial charge in [0.05, 0.1) is 5.69 Å². The Bertz CT molecular complexity index is 448. The molecule has 0 aliphatic heterocycles. The van der Waals surface area contributed by atoms with Gasteiger partial charge >= 0.3 is 0 Å². The highest BCUT2D eigenvalue weighted by molar-refractivity contribution is 5.62. The van der Waals surface area contributed by atoms with Gasteiger partial charge in [-0.1, -0.05) is 6.92 Å². The van der Waals surface area contributed by atoms with E-state index in [0.29, 0.717) is 0 Å². The smallest absolute Gasteiger partial charge is 0.148 e. The fraction of sp³-hybridized carbons (Fsp3) is 0.250. The average molecular weight is 219 g/mol. The SMILES string of the molecule is CCCNc1cc(-c2ccc(F)cc2)[nH]n1. The van der Waals surface area contributed by atoms with Gasteiger partial charge in [-0.3, -0.25) is 5.10 Å². The van der Waals surface area contributed by atoms with E-state index in [2.05, 4.69) is 22.4 Å². The van der Waals surface area contributed by atoms with Crippen LogP contribution in [0, 0.1) is 5.82 Å². The zero-order valence-corrected chi connectivity index (χ0v) is 9.13. The lowest BCUT2D eigenvalue weighted by Crippen LogP contribution is -1.99. The first-order valence-electron chi connectivity index (χ1n) is 5.35. The summed E-state index contributed by atoms with van der Waals surface area (Å²) in [4.78, 5) is 0. The van der Waals surface area contributed by atoms with Gasteiger partial charge in [0, 0.05) is 12.6 Å². The predicted octanol–water partition coefficient (Wildman–Crippen LogP) is 3.04. The van der Waals surface area contributed by atoms with E-state index in [1.807, 2.05) is 6.07 Å². The van der Waals surface area contributed by atoms with Crippen molar-refractivity contribution < 1.29 is 4.39 Å². The van der Waals surface area contributed by atoms with E-state index in [-0.39, 0.29) is 5.82 Å². The molecule has 0 bridgehead atoms. The standard InChI is InChI=1S/C12H14FN3/c1-2-7-14-12-8-11(15-16-12)9-3-5-10(13)6-4-9/h3-6,8H,2,7H2,1H3,(H2,14,15,16). The number of rotatable bonds is 4. The second-order valence-corrected chi connectivity index (χ2v) is 3.60. The number of aromatic amines is 1. The maximum atomic E-state index is 12.7. The van der Waals surface area contributed by atoms with Crippen LogP contribution in [0.2, 0.25) is 0 Å². The van der Waals surface area contributed by atoms with Crippen molar-refractivity contribution in [3.63, 3.8) is 0 Å². The number of hydrogen-bond acceptors (Lipinski definition) is 2. The Kier molecular flexibility index (Phi) is 3.19. The minimum Gasteiger partial charge on any atom is -0.369 e. The van der Waals surface area contributed by atoms with Crippen molar-refractivity contribution in [3.8, 4) is 11.3 Å². The monoisotopic (exact) mass is 219 g/mol. The van der Waals surface area contributed by atoms with Crippen LogP contribution in [0.15, 0.2) is 30.3 Å². The van der Waals surface area contributed by atoms with Crippen molar-refractivity contribution in [3.05, 3.63) is 36.1 Å². The van der Waals surface area contributed by atoms with Gasteiger partial charge in [-0.05, 0) is 36.2 Å². The van der Waals surface area contributed by atoms with Crippen molar-refractivity contribution in [2.75, 3.05) is 11.9 Å². The molecule has 0 spiro atoms. The minimum atomic E-state index is -0.229.